The molecule has 1 saturated heterocycles. The van der Waals surface area contributed by atoms with E-state index in [1.54, 1.807) is 30.5 Å². The Kier molecular flexibility index (Phi) is 5.70. The van der Waals surface area contributed by atoms with Gasteiger partial charge in [-0.2, -0.15) is 0 Å². The van der Waals surface area contributed by atoms with Gasteiger partial charge in [-0.1, -0.05) is 18.2 Å². The Morgan fingerprint density at radius 2 is 1.76 bits per heavy atom. The molecule has 0 atom stereocenters. The van der Waals surface area contributed by atoms with Gasteiger partial charge in [0.05, 0.1) is 17.4 Å². The average Bonchev–Trinajstić information content (AvgIpc) is 3.29. The van der Waals surface area contributed by atoms with Crippen LogP contribution in [0.25, 0.3) is 0 Å². The predicted octanol–water partition coefficient (Wildman–Crippen LogP) is 4.49. The number of carbonyl (C=O) groups is 1. The second-order valence-corrected chi connectivity index (χ2v) is 7.10. The van der Waals surface area contributed by atoms with Crippen molar-refractivity contribution in [3.8, 4) is 0 Å². The van der Waals surface area contributed by atoms with E-state index >= 15 is 0 Å². The Morgan fingerprint density at radius 3 is 2.52 bits per heavy atom. The lowest BCUT2D eigenvalue weighted by molar-refractivity contribution is 0.0950. The number of nitrogens with zero attached hydrogens (tertiary/aromatic N) is 2. The molecule has 29 heavy (non-hydrogen) atoms. The predicted molar refractivity (Wildman–Crippen MR) is 113 cm³/mol. The summed E-state index contributed by atoms with van der Waals surface area (Å²) in [7, 11) is 0. The van der Waals surface area contributed by atoms with Gasteiger partial charge >= 0.3 is 0 Å². The Hall–Kier alpha value is -3.41. The Balaban J connectivity index is 1.39. The molecule has 4 rings (SSSR count). The zero-order valence-electron chi connectivity index (χ0n) is 16.1. The van der Waals surface area contributed by atoms with Crippen LogP contribution < -0.4 is 15.5 Å². The van der Waals surface area contributed by atoms with Crippen molar-refractivity contribution < 1.29 is 9.18 Å². The molecule has 3 aromatic rings. The molecule has 1 aliphatic heterocycles. The van der Waals surface area contributed by atoms with Crippen LogP contribution in [0.1, 0.15) is 28.8 Å². The molecule has 2 N–H and O–H groups in total. The molecule has 0 bridgehead atoms. The van der Waals surface area contributed by atoms with Crippen LogP contribution >= 0.6 is 0 Å². The minimum Gasteiger partial charge on any atom is -0.372 e. The Labute approximate surface area is 169 Å². The SMILES string of the molecule is O=C(NCc1ccccc1F)c1cncc(Nc2ccc(N3CCCC3)cc2)c1. The summed E-state index contributed by atoms with van der Waals surface area (Å²) in [5, 5.41) is 6.01. The van der Waals surface area contributed by atoms with E-state index < -0.39 is 0 Å². The van der Waals surface area contributed by atoms with Crippen molar-refractivity contribution >= 4 is 23.0 Å². The largest absolute Gasteiger partial charge is 0.372 e. The summed E-state index contributed by atoms with van der Waals surface area (Å²) in [5.74, 6) is -0.632. The lowest BCUT2D eigenvalue weighted by Crippen LogP contribution is -2.23. The van der Waals surface area contributed by atoms with E-state index in [0.29, 0.717) is 11.1 Å². The molecule has 1 fully saturated rings. The summed E-state index contributed by atoms with van der Waals surface area (Å²) < 4.78 is 13.7. The number of benzene rings is 2. The van der Waals surface area contributed by atoms with E-state index in [4.69, 9.17) is 0 Å². The maximum atomic E-state index is 13.7. The fourth-order valence-corrected chi connectivity index (χ4v) is 3.45. The maximum absolute atomic E-state index is 13.7. The standard InChI is InChI=1S/C23H23FN4O/c24-22-6-2-1-5-17(22)15-26-23(29)18-13-20(16-25-14-18)27-19-7-9-21(10-8-19)28-11-3-4-12-28/h1-2,5-10,13-14,16,27H,3-4,11-12,15H2,(H,26,29). The molecular formula is C23H23FN4O. The van der Waals surface area contributed by atoms with Gasteiger partial charge in [0.15, 0.2) is 0 Å². The third-order valence-electron chi connectivity index (χ3n) is 5.02. The number of hydrogen-bond acceptors (Lipinski definition) is 4. The molecule has 148 valence electrons. The quantitative estimate of drug-likeness (QED) is 0.651. The topological polar surface area (TPSA) is 57.3 Å². The van der Waals surface area contributed by atoms with Crippen LogP contribution in [0.4, 0.5) is 21.5 Å². The highest BCUT2D eigenvalue weighted by atomic mass is 19.1. The van der Waals surface area contributed by atoms with Crippen LogP contribution in [0.3, 0.4) is 0 Å². The number of rotatable bonds is 6. The number of aromatic nitrogens is 1. The first-order valence-electron chi connectivity index (χ1n) is 9.78. The number of amides is 1. The van der Waals surface area contributed by atoms with Crippen LogP contribution in [-0.2, 0) is 6.54 Å². The molecular weight excluding hydrogens is 367 g/mol. The summed E-state index contributed by atoms with van der Waals surface area (Å²) in [6.07, 6.45) is 5.66. The highest BCUT2D eigenvalue weighted by Gasteiger charge is 2.12. The van der Waals surface area contributed by atoms with Crippen molar-refractivity contribution in [3.05, 3.63) is 83.9 Å². The van der Waals surface area contributed by atoms with Crippen molar-refractivity contribution in [3.63, 3.8) is 0 Å². The monoisotopic (exact) mass is 390 g/mol. The second-order valence-electron chi connectivity index (χ2n) is 7.10. The van der Waals surface area contributed by atoms with Gasteiger partial charge in [-0.3, -0.25) is 9.78 Å². The van der Waals surface area contributed by atoms with E-state index in [1.165, 1.54) is 30.8 Å². The van der Waals surface area contributed by atoms with Gasteiger partial charge in [-0.25, -0.2) is 4.39 Å². The van der Waals surface area contributed by atoms with Gasteiger partial charge in [0.25, 0.3) is 5.91 Å². The normalized spacial score (nSPS) is 13.3. The van der Waals surface area contributed by atoms with Crippen molar-refractivity contribution in [1.29, 1.82) is 0 Å². The van der Waals surface area contributed by atoms with Crippen molar-refractivity contribution in [2.24, 2.45) is 0 Å². The zero-order valence-corrected chi connectivity index (χ0v) is 16.1. The van der Waals surface area contributed by atoms with E-state index in [9.17, 15) is 9.18 Å². The minimum atomic E-state index is -0.335. The molecule has 0 saturated carbocycles. The van der Waals surface area contributed by atoms with Crippen LogP contribution in [0.5, 0.6) is 0 Å². The molecule has 0 spiro atoms. The van der Waals surface area contributed by atoms with Gasteiger partial charge in [0.2, 0.25) is 0 Å². The molecule has 2 heterocycles. The molecule has 1 aromatic heterocycles. The summed E-state index contributed by atoms with van der Waals surface area (Å²) in [4.78, 5) is 18.9. The Morgan fingerprint density at radius 1 is 1.00 bits per heavy atom. The van der Waals surface area contributed by atoms with Gasteiger partial charge < -0.3 is 15.5 Å². The van der Waals surface area contributed by atoms with Gasteiger partial charge in [0.1, 0.15) is 5.82 Å². The first-order chi connectivity index (χ1) is 14.2. The summed E-state index contributed by atoms with van der Waals surface area (Å²) in [6, 6.07) is 16.4. The molecule has 2 aromatic carbocycles. The highest BCUT2D eigenvalue weighted by Crippen LogP contribution is 2.24. The summed E-state index contributed by atoms with van der Waals surface area (Å²) in [5.41, 5.74) is 3.74. The number of hydrogen-bond donors (Lipinski definition) is 2. The van der Waals surface area contributed by atoms with Gasteiger partial charge in [-0.15, -0.1) is 0 Å². The number of nitrogens with one attached hydrogen (secondary N) is 2. The third kappa shape index (κ3) is 4.71. The van der Waals surface area contributed by atoms with Crippen molar-refractivity contribution in [2.75, 3.05) is 23.3 Å². The average molecular weight is 390 g/mol. The lowest BCUT2D eigenvalue weighted by atomic mass is 10.2. The molecule has 0 aliphatic carbocycles. The summed E-state index contributed by atoms with van der Waals surface area (Å²) >= 11 is 0. The smallest absolute Gasteiger partial charge is 0.253 e. The molecule has 0 radical (unpaired) electrons. The first kappa shape index (κ1) is 18.9. The number of pyridine rings is 1. The minimum absolute atomic E-state index is 0.126. The maximum Gasteiger partial charge on any atom is 0.253 e. The van der Waals surface area contributed by atoms with E-state index in [0.717, 1.165) is 24.5 Å². The number of anilines is 3. The first-order valence-corrected chi connectivity index (χ1v) is 9.78. The number of halogens is 1. The highest BCUT2D eigenvalue weighted by molar-refractivity contribution is 5.94. The zero-order chi connectivity index (χ0) is 20.1. The molecule has 1 amide bonds. The van der Waals surface area contributed by atoms with Crippen LogP contribution in [0.15, 0.2) is 67.0 Å². The Bertz CT molecular complexity index is 984. The second kappa shape index (κ2) is 8.73. The van der Waals surface area contributed by atoms with Crippen LogP contribution in [0.2, 0.25) is 0 Å². The fourth-order valence-electron chi connectivity index (χ4n) is 3.45. The molecule has 0 unspecified atom stereocenters. The van der Waals surface area contributed by atoms with Crippen molar-refractivity contribution in [2.45, 2.75) is 19.4 Å². The van der Waals surface area contributed by atoms with E-state index in [-0.39, 0.29) is 18.3 Å². The van der Waals surface area contributed by atoms with Crippen LogP contribution in [0, 0.1) is 5.82 Å². The van der Waals surface area contributed by atoms with Gasteiger partial charge in [0, 0.05) is 42.8 Å². The van der Waals surface area contributed by atoms with Crippen LogP contribution in [-0.4, -0.2) is 24.0 Å². The number of carbonyl (C=O) groups excluding carboxylic acids is 1. The fraction of sp³-hybridized carbons (Fsp3) is 0.217. The van der Waals surface area contributed by atoms with Crippen molar-refractivity contribution in [1.82, 2.24) is 10.3 Å². The summed E-state index contributed by atoms with van der Waals surface area (Å²) in [6.45, 7) is 2.35. The lowest BCUT2D eigenvalue weighted by Gasteiger charge is -2.18. The molecule has 6 heteroatoms. The van der Waals surface area contributed by atoms with E-state index in [2.05, 4.69) is 32.7 Å². The van der Waals surface area contributed by atoms with E-state index in [1.807, 2.05) is 12.1 Å². The van der Waals surface area contributed by atoms with Gasteiger partial charge in [-0.05, 0) is 49.2 Å². The molecule has 1 aliphatic rings. The third-order valence-corrected chi connectivity index (χ3v) is 5.02. The molecule has 5 nitrogen and oxygen atoms in total.